The number of hydrogen-bond acceptors (Lipinski definition) is 4. The molecule has 2 amide bonds. The van der Waals surface area contributed by atoms with Gasteiger partial charge in [0.1, 0.15) is 5.75 Å². The summed E-state index contributed by atoms with van der Waals surface area (Å²) in [6.07, 6.45) is 1.42. The predicted molar refractivity (Wildman–Crippen MR) is 88.8 cm³/mol. The van der Waals surface area contributed by atoms with Crippen molar-refractivity contribution in [1.29, 1.82) is 0 Å². The Morgan fingerprint density at radius 2 is 1.70 bits per heavy atom. The Hall–Kier alpha value is -2.86. The lowest BCUT2D eigenvalue weighted by atomic mass is 10.2. The topological polar surface area (TPSA) is 79.8 Å². The van der Waals surface area contributed by atoms with E-state index in [1.165, 1.54) is 6.21 Å². The molecule has 7 heteroatoms. The zero-order chi connectivity index (χ0) is 16.7. The van der Waals surface area contributed by atoms with E-state index in [0.717, 1.165) is 5.56 Å². The van der Waals surface area contributed by atoms with Gasteiger partial charge in [-0.25, -0.2) is 5.43 Å². The Labute approximate surface area is 138 Å². The van der Waals surface area contributed by atoms with Crippen LogP contribution in [0.4, 0.5) is 5.69 Å². The average Bonchev–Trinajstić information content (AvgIpc) is 2.57. The fraction of sp³-hybridized carbons (Fsp3) is 0.0625. The highest BCUT2D eigenvalue weighted by atomic mass is 35.5. The predicted octanol–water partition coefficient (Wildman–Crippen LogP) is 2.44. The number of nitrogens with one attached hydrogen (secondary N) is 2. The molecule has 2 rings (SSSR count). The highest BCUT2D eigenvalue weighted by Crippen LogP contribution is 2.13. The number of carbonyl (C=O) groups is 2. The van der Waals surface area contributed by atoms with Crippen LogP contribution >= 0.6 is 11.6 Å². The number of nitrogens with zero attached hydrogens (tertiary/aromatic N) is 1. The molecular formula is C16H14ClN3O3. The molecule has 0 aliphatic rings. The number of methoxy groups -OCH3 is 1. The van der Waals surface area contributed by atoms with Crippen LogP contribution < -0.4 is 15.5 Å². The molecule has 118 valence electrons. The van der Waals surface area contributed by atoms with Crippen molar-refractivity contribution < 1.29 is 14.3 Å². The Morgan fingerprint density at radius 3 is 2.30 bits per heavy atom. The van der Waals surface area contributed by atoms with Gasteiger partial charge in [0.25, 0.3) is 0 Å². The quantitative estimate of drug-likeness (QED) is 0.513. The van der Waals surface area contributed by atoms with Gasteiger partial charge in [-0.3, -0.25) is 9.59 Å². The van der Waals surface area contributed by atoms with E-state index in [9.17, 15) is 9.59 Å². The lowest BCUT2D eigenvalue weighted by molar-refractivity contribution is -0.136. The van der Waals surface area contributed by atoms with E-state index in [2.05, 4.69) is 15.8 Å². The van der Waals surface area contributed by atoms with Crippen LogP contribution in [0.3, 0.4) is 0 Å². The number of rotatable bonds is 4. The van der Waals surface area contributed by atoms with E-state index in [0.29, 0.717) is 16.5 Å². The zero-order valence-electron chi connectivity index (χ0n) is 12.2. The van der Waals surface area contributed by atoms with E-state index in [-0.39, 0.29) is 0 Å². The van der Waals surface area contributed by atoms with Crippen molar-refractivity contribution in [2.24, 2.45) is 5.10 Å². The number of benzene rings is 2. The summed E-state index contributed by atoms with van der Waals surface area (Å²) in [6.45, 7) is 0. The Bertz CT molecular complexity index is 712. The third-order valence-corrected chi connectivity index (χ3v) is 3.06. The maximum absolute atomic E-state index is 11.7. The van der Waals surface area contributed by atoms with Crippen LogP contribution in [0, 0.1) is 0 Å². The molecule has 0 heterocycles. The second-order valence-corrected chi connectivity index (χ2v) is 4.87. The summed E-state index contributed by atoms with van der Waals surface area (Å²) in [5.74, 6) is -0.975. The van der Waals surface area contributed by atoms with Crippen LogP contribution in [0.15, 0.2) is 53.6 Å². The summed E-state index contributed by atoms with van der Waals surface area (Å²) in [5.41, 5.74) is 3.37. The molecule has 0 aliphatic carbocycles. The van der Waals surface area contributed by atoms with E-state index in [1.54, 1.807) is 55.6 Å². The highest BCUT2D eigenvalue weighted by Gasteiger charge is 2.12. The SMILES string of the molecule is COc1ccc(/C=N/NC(=O)C(=O)Nc2ccc(Cl)cc2)cc1. The minimum Gasteiger partial charge on any atom is -0.497 e. The maximum atomic E-state index is 11.7. The Kier molecular flexibility index (Phi) is 5.71. The summed E-state index contributed by atoms with van der Waals surface area (Å²) in [7, 11) is 1.57. The largest absolute Gasteiger partial charge is 0.497 e. The molecule has 6 nitrogen and oxygen atoms in total. The zero-order valence-corrected chi connectivity index (χ0v) is 13.0. The second-order valence-electron chi connectivity index (χ2n) is 4.43. The molecule has 0 saturated heterocycles. The summed E-state index contributed by atoms with van der Waals surface area (Å²) in [6, 6.07) is 13.5. The lowest BCUT2D eigenvalue weighted by Gasteiger charge is -2.03. The van der Waals surface area contributed by atoms with Gasteiger partial charge in [-0.2, -0.15) is 5.10 Å². The van der Waals surface area contributed by atoms with E-state index in [4.69, 9.17) is 16.3 Å². The minimum absolute atomic E-state index is 0.466. The van der Waals surface area contributed by atoms with Gasteiger partial charge in [-0.15, -0.1) is 0 Å². The monoisotopic (exact) mass is 331 g/mol. The molecule has 0 aromatic heterocycles. The normalized spacial score (nSPS) is 10.3. The number of hydrogen-bond donors (Lipinski definition) is 2. The molecule has 0 saturated carbocycles. The third kappa shape index (κ3) is 5.12. The molecule has 0 fully saturated rings. The van der Waals surface area contributed by atoms with E-state index >= 15 is 0 Å². The number of ether oxygens (including phenoxy) is 1. The highest BCUT2D eigenvalue weighted by molar-refractivity contribution is 6.39. The third-order valence-electron chi connectivity index (χ3n) is 2.80. The Balaban J connectivity index is 1.86. The van der Waals surface area contributed by atoms with Crippen molar-refractivity contribution in [2.45, 2.75) is 0 Å². The van der Waals surface area contributed by atoms with Crippen molar-refractivity contribution >= 4 is 35.3 Å². The van der Waals surface area contributed by atoms with E-state index in [1.807, 2.05) is 0 Å². The van der Waals surface area contributed by atoms with Crippen LogP contribution in [0.2, 0.25) is 5.02 Å². The van der Waals surface area contributed by atoms with Gasteiger partial charge >= 0.3 is 11.8 Å². The van der Waals surface area contributed by atoms with Crippen LogP contribution in [0.25, 0.3) is 0 Å². The van der Waals surface area contributed by atoms with Crippen molar-refractivity contribution in [2.75, 3.05) is 12.4 Å². The molecule has 0 spiro atoms. The number of anilines is 1. The molecule has 0 bridgehead atoms. The van der Waals surface area contributed by atoms with Gasteiger partial charge in [0.05, 0.1) is 13.3 Å². The molecule has 2 aromatic rings. The number of hydrazone groups is 1. The van der Waals surface area contributed by atoms with Crippen LogP contribution in [0.1, 0.15) is 5.56 Å². The summed E-state index contributed by atoms with van der Waals surface area (Å²) < 4.78 is 5.03. The van der Waals surface area contributed by atoms with Crippen molar-refractivity contribution in [3.63, 3.8) is 0 Å². The van der Waals surface area contributed by atoms with Crippen LogP contribution in [-0.2, 0) is 9.59 Å². The molecular weight excluding hydrogens is 318 g/mol. The van der Waals surface area contributed by atoms with Gasteiger partial charge in [0.15, 0.2) is 0 Å². The second kappa shape index (κ2) is 7.95. The first-order valence-corrected chi connectivity index (χ1v) is 7.00. The fourth-order valence-electron chi connectivity index (χ4n) is 1.63. The van der Waals surface area contributed by atoms with Gasteiger partial charge in [-0.05, 0) is 54.1 Å². The van der Waals surface area contributed by atoms with Gasteiger partial charge in [-0.1, -0.05) is 11.6 Å². The van der Waals surface area contributed by atoms with Crippen molar-refractivity contribution in [1.82, 2.24) is 5.43 Å². The smallest absolute Gasteiger partial charge is 0.329 e. The number of amides is 2. The summed E-state index contributed by atoms with van der Waals surface area (Å²) in [5, 5.41) is 6.70. The minimum atomic E-state index is -0.871. The number of halogens is 1. The fourth-order valence-corrected chi connectivity index (χ4v) is 1.75. The van der Waals surface area contributed by atoms with Gasteiger partial charge in [0, 0.05) is 10.7 Å². The molecule has 2 N–H and O–H groups in total. The summed E-state index contributed by atoms with van der Waals surface area (Å²) in [4.78, 5) is 23.3. The Morgan fingerprint density at radius 1 is 1.04 bits per heavy atom. The first-order chi connectivity index (χ1) is 11.1. The first-order valence-electron chi connectivity index (χ1n) is 6.62. The lowest BCUT2D eigenvalue weighted by Crippen LogP contribution is -2.32. The maximum Gasteiger partial charge on any atom is 0.329 e. The van der Waals surface area contributed by atoms with E-state index < -0.39 is 11.8 Å². The molecule has 0 unspecified atom stereocenters. The van der Waals surface area contributed by atoms with Crippen LogP contribution in [0.5, 0.6) is 5.75 Å². The standard InChI is InChI=1S/C16H14ClN3O3/c1-23-14-8-2-11(3-9-14)10-18-20-16(22)15(21)19-13-6-4-12(17)5-7-13/h2-10H,1H3,(H,19,21)(H,20,22)/b18-10+. The molecule has 0 radical (unpaired) electrons. The van der Waals surface area contributed by atoms with Crippen LogP contribution in [-0.4, -0.2) is 25.1 Å². The van der Waals surface area contributed by atoms with Crippen molar-refractivity contribution in [3.8, 4) is 5.75 Å². The van der Waals surface area contributed by atoms with Gasteiger partial charge in [0.2, 0.25) is 0 Å². The molecule has 2 aromatic carbocycles. The molecule has 23 heavy (non-hydrogen) atoms. The molecule has 0 aliphatic heterocycles. The number of carbonyl (C=O) groups excluding carboxylic acids is 2. The van der Waals surface area contributed by atoms with Crippen molar-refractivity contribution in [3.05, 3.63) is 59.1 Å². The summed E-state index contributed by atoms with van der Waals surface area (Å²) >= 11 is 5.74. The van der Waals surface area contributed by atoms with Gasteiger partial charge < -0.3 is 10.1 Å². The first kappa shape index (κ1) is 16.5. The average molecular weight is 332 g/mol. The molecule has 0 atom stereocenters.